The van der Waals surface area contributed by atoms with Crippen molar-refractivity contribution in [1.29, 1.82) is 0 Å². The molecule has 1 N–H and O–H groups in total. The number of aromatic hydroxyl groups is 1. The highest BCUT2D eigenvalue weighted by Crippen LogP contribution is 2.30. The van der Waals surface area contributed by atoms with Crippen LogP contribution in [0.1, 0.15) is 38.6 Å². The Hall–Kier alpha value is -1.88. The van der Waals surface area contributed by atoms with Gasteiger partial charge in [0.25, 0.3) is 5.89 Å². The highest BCUT2D eigenvalue weighted by molar-refractivity contribution is 5.56. The van der Waals surface area contributed by atoms with Crippen LogP contribution in [0.5, 0.6) is 5.75 Å². The van der Waals surface area contributed by atoms with Crippen molar-refractivity contribution in [2.24, 2.45) is 0 Å². The summed E-state index contributed by atoms with van der Waals surface area (Å²) in [7, 11) is 0. The predicted molar refractivity (Wildman–Crippen MR) is 75.4 cm³/mol. The molecule has 0 saturated carbocycles. The Morgan fingerprint density at radius 2 is 2.10 bits per heavy atom. The summed E-state index contributed by atoms with van der Waals surface area (Å²) in [5.74, 6) is 1.23. The normalized spacial score (nSPS) is 14.2. The van der Waals surface area contributed by atoms with Crippen molar-refractivity contribution in [3.8, 4) is 17.2 Å². The fourth-order valence-corrected chi connectivity index (χ4v) is 1.99. The molecule has 1 heterocycles. The SMILES string of the molecule is CCOC(C)(CC)c1noc(-c2ccc(O)c(C)c2)n1. The van der Waals surface area contributed by atoms with E-state index >= 15 is 0 Å². The number of hydrogen-bond acceptors (Lipinski definition) is 5. The number of ether oxygens (including phenoxy) is 1. The number of benzene rings is 1. The third-order valence-corrected chi connectivity index (χ3v) is 3.48. The van der Waals surface area contributed by atoms with Gasteiger partial charge in [0.2, 0.25) is 5.82 Å². The maximum Gasteiger partial charge on any atom is 0.258 e. The molecule has 1 aromatic carbocycles. The number of aryl methyl sites for hydroxylation is 1. The first-order valence-corrected chi connectivity index (χ1v) is 6.78. The Labute approximate surface area is 118 Å². The minimum Gasteiger partial charge on any atom is -0.508 e. The lowest BCUT2D eigenvalue weighted by atomic mass is 10.0. The van der Waals surface area contributed by atoms with E-state index in [0.717, 1.165) is 17.5 Å². The summed E-state index contributed by atoms with van der Waals surface area (Å²) in [4.78, 5) is 4.43. The van der Waals surface area contributed by atoms with Crippen molar-refractivity contribution in [3.63, 3.8) is 0 Å². The molecule has 108 valence electrons. The number of nitrogens with zero attached hydrogens (tertiary/aromatic N) is 2. The monoisotopic (exact) mass is 276 g/mol. The lowest BCUT2D eigenvalue weighted by Crippen LogP contribution is -2.26. The standard InChI is InChI=1S/C15H20N2O3/c1-5-15(4,19-6-2)14-16-13(20-17-14)11-7-8-12(18)10(3)9-11/h7-9,18H,5-6H2,1-4H3. The van der Waals surface area contributed by atoms with Crippen LogP contribution in [0.3, 0.4) is 0 Å². The largest absolute Gasteiger partial charge is 0.508 e. The van der Waals surface area contributed by atoms with Gasteiger partial charge in [-0.05, 0) is 51.0 Å². The lowest BCUT2D eigenvalue weighted by molar-refractivity contribution is -0.0403. The minimum atomic E-state index is -0.539. The van der Waals surface area contributed by atoms with Gasteiger partial charge in [-0.2, -0.15) is 4.98 Å². The zero-order valence-corrected chi connectivity index (χ0v) is 12.3. The number of phenols is 1. The Bertz CT molecular complexity index is 595. The summed E-state index contributed by atoms with van der Waals surface area (Å²) in [6, 6.07) is 5.19. The van der Waals surface area contributed by atoms with Gasteiger partial charge in [-0.1, -0.05) is 12.1 Å². The summed E-state index contributed by atoms with van der Waals surface area (Å²) in [5, 5.41) is 13.6. The molecule has 0 fully saturated rings. The van der Waals surface area contributed by atoms with Gasteiger partial charge in [-0.15, -0.1) is 0 Å². The van der Waals surface area contributed by atoms with Gasteiger partial charge in [0.1, 0.15) is 11.4 Å². The van der Waals surface area contributed by atoms with Gasteiger partial charge in [-0.3, -0.25) is 0 Å². The number of aromatic nitrogens is 2. The molecule has 1 atom stereocenters. The van der Waals surface area contributed by atoms with Crippen molar-refractivity contribution in [1.82, 2.24) is 10.1 Å². The van der Waals surface area contributed by atoms with Crippen molar-refractivity contribution in [2.45, 2.75) is 39.7 Å². The van der Waals surface area contributed by atoms with Crippen LogP contribution < -0.4 is 0 Å². The van der Waals surface area contributed by atoms with Gasteiger partial charge < -0.3 is 14.4 Å². The first-order valence-electron chi connectivity index (χ1n) is 6.78. The summed E-state index contributed by atoms with van der Waals surface area (Å²) < 4.78 is 11.0. The van der Waals surface area contributed by atoms with E-state index in [1.807, 2.05) is 33.8 Å². The number of phenolic OH excluding ortho intramolecular Hbond substituents is 1. The van der Waals surface area contributed by atoms with E-state index in [4.69, 9.17) is 9.26 Å². The van der Waals surface area contributed by atoms with E-state index in [1.54, 1.807) is 12.1 Å². The second kappa shape index (κ2) is 5.63. The van der Waals surface area contributed by atoms with Crippen LogP contribution in [0.25, 0.3) is 11.5 Å². The van der Waals surface area contributed by atoms with Crippen LogP contribution in [0.15, 0.2) is 22.7 Å². The molecular formula is C15H20N2O3. The van der Waals surface area contributed by atoms with Crippen molar-refractivity contribution < 1.29 is 14.4 Å². The quantitative estimate of drug-likeness (QED) is 0.906. The average Bonchev–Trinajstić information content (AvgIpc) is 2.92. The first-order chi connectivity index (χ1) is 9.50. The zero-order valence-electron chi connectivity index (χ0n) is 12.3. The Kier molecular flexibility index (Phi) is 4.09. The highest BCUT2D eigenvalue weighted by atomic mass is 16.5. The second-order valence-electron chi connectivity index (χ2n) is 4.94. The van der Waals surface area contributed by atoms with Crippen LogP contribution in [0.2, 0.25) is 0 Å². The van der Waals surface area contributed by atoms with Crippen molar-refractivity contribution >= 4 is 0 Å². The van der Waals surface area contributed by atoms with Crippen LogP contribution in [-0.4, -0.2) is 21.9 Å². The van der Waals surface area contributed by atoms with E-state index in [-0.39, 0.29) is 5.75 Å². The van der Waals surface area contributed by atoms with Crippen LogP contribution in [0, 0.1) is 6.92 Å². The van der Waals surface area contributed by atoms with Gasteiger partial charge in [0, 0.05) is 12.2 Å². The Morgan fingerprint density at radius 1 is 1.35 bits per heavy atom. The smallest absolute Gasteiger partial charge is 0.258 e. The van der Waals surface area contributed by atoms with Gasteiger partial charge in [0.05, 0.1) is 0 Å². The van der Waals surface area contributed by atoms with E-state index in [9.17, 15) is 5.11 Å². The summed E-state index contributed by atoms with van der Waals surface area (Å²) in [5.41, 5.74) is 1.02. The zero-order chi connectivity index (χ0) is 14.8. The van der Waals surface area contributed by atoms with Crippen LogP contribution >= 0.6 is 0 Å². The predicted octanol–water partition coefficient (Wildman–Crippen LogP) is 3.41. The van der Waals surface area contributed by atoms with E-state index in [1.165, 1.54) is 0 Å². The minimum absolute atomic E-state index is 0.251. The molecule has 20 heavy (non-hydrogen) atoms. The van der Waals surface area contributed by atoms with Crippen LogP contribution in [0.4, 0.5) is 0 Å². The molecule has 0 saturated heterocycles. The molecule has 5 heteroatoms. The maximum atomic E-state index is 9.55. The summed E-state index contributed by atoms with van der Waals surface area (Å²) in [6.45, 7) is 8.33. The Balaban J connectivity index is 2.34. The summed E-state index contributed by atoms with van der Waals surface area (Å²) >= 11 is 0. The molecule has 0 aliphatic heterocycles. The molecule has 0 bridgehead atoms. The van der Waals surface area contributed by atoms with E-state index in [0.29, 0.717) is 18.3 Å². The van der Waals surface area contributed by atoms with Crippen LogP contribution in [-0.2, 0) is 10.3 Å². The fraction of sp³-hybridized carbons (Fsp3) is 0.467. The lowest BCUT2D eigenvalue weighted by Gasteiger charge is -2.23. The fourth-order valence-electron chi connectivity index (χ4n) is 1.99. The van der Waals surface area contributed by atoms with Gasteiger partial charge in [-0.25, -0.2) is 0 Å². The molecule has 0 aliphatic rings. The third kappa shape index (κ3) is 2.67. The van der Waals surface area contributed by atoms with Gasteiger partial charge in [0.15, 0.2) is 0 Å². The summed E-state index contributed by atoms with van der Waals surface area (Å²) in [6.07, 6.45) is 0.758. The molecule has 2 rings (SSSR count). The molecule has 2 aromatic rings. The molecule has 1 aromatic heterocycles. The van der Waals surface area contributed by atoms with E-state index in [2.05, 4.69) is 10.1 Å². The third-order valence-electron chi connectivity index (χ3n) is 3.48. The maximum absolute atomic E-state index is 9.55. The Morgan fingerprint density at radius 3 is 2.70 bits per heavy atom. The molecule has 1 unspecified atom stereocenters. The van der Waals surface area contributed by atoms with Gasteiger partial charge >= 0.3 is 0 Å². The molecule has 0 aliphatic carbocycles. The van der Waals surface area contributed by atoms with Crippen molar-refractivity contribution in [2.75, 3.05) is 6.61 Å². The molecular weight excluding hydrogens is 256 g/mol. The molecule has 0 radical (unpaired) electrons. The second-order valence-corrected chi connectivity index (χ2v) is 4.94. The molecule has 0 amide bonds. The number of hydrogen-bond donors (Lipinski definition) is 1. The van der Waals surface area contributed by atoms with Crippen molar-refractivity contribution in [3.05, 3.63) is 29.6 Å². The van der Waals surface area contributed by atoms with E-state index < -0.39 is 5.60 Å². The topological polar surface area (TPSA) is 68.4 Å². The highest BCUT2D eigenvalue weighted by Gasteiger charge is 2.31. The molecule has 0 spiro atoms. The molecule has 5 nitrogen and oxygen atoms in total. The average molecular weight is 276 g/mol. The number of rotatable bonds is 5. The first kappa shape index (κ1) is 14.5.